The Morgan fingerprint density at radius 3 is 3.06 bits per heavy atom. The lowest BCUT2D eigenvalue weighted by Gasteiger charge is -2.20. The molecule has 0 radical (unpaired) electrons. The smallest absolute Gasteiger partial charge is 0.108 e. The number of imidazole rings is 1. The molecule has 1 aliphatic carbocycles. The average Bonchev–Trinajstić information content (AvgIpc) is 3.03. The van der Waals surface area contributed by atoms with Gasteiger partial charge < -0.3 is 9.88 Å². The first-order valence-electron chi connectivity index (χ1n) is 6.30. The fourth-order valence-electron chi connectivity index (χ4n) is 2.91. The van der Waals surface area contributed by atoms with Crippen LogP contribution < -0.4 is 5.32 Å². The molecule has 0 amide bonds. The van der Waals surface area contributed by atoms with Crippen molar-refractivity contribution in [1.82, 2.24) is 14.9 Å². The molecule has 1 aromatic carbocycles. The summed E-state index contributed by atoms with van der Waals surface area (Å²) in [6.45, 7) is 0. The van der Waals surface area contributed by atoms with Crippen LogP contribution in [0.25, 0.3) is 11.0 Å². The molecule has 2 aromatic rings. The van der Waals surface area contributed by atoms with Crippen molar-refractivity contribution >= 4 is 11.0 Å². The molecular formula is C14H16N4. The zero-order valence-electron chi connectivity index (χ0n) is 10.4. The van der Waals surface area contributed by atoms with E-state index < -0.39 is 0 Å². The Bertz CT molecular complexity index is 610. The Morgan fingerprint density at radius 1 is 1.50 bits per heavy atom. The maximum absolute atomic E-state index is 9.31. The predicted octanol–water partition coefficient (Wildman–Crippen LogP) is 2.24. The fraction of sp³-hybridized carbons (Fsp3) is 0.429. The Hall–Kier alpha value is -1.86. The predicted molar refractivity (Wildman–Crippen MR) is 70.0 cm³/mol. The second-order valence-electron chi connectivity index (χ2n) is 4.98. The lowest BCUT2D eigenvalue weighted by molar-refractivity contribution is 0.432. The molecule has 92 valence electrons. The quantitative estimate of drug-likeness (QED) is 0.875. The summed E-state index contributed by atoms with van der Waals surface area (Å²) in [5.41, 5.74) is 1.82. The van der Waals surface area contributed by atoms with E-state index in [1.807, 2.05) is 31.6 Å². The molecule has 0 spiro atoms. The molecule has 1 heterocycles. The fourth-order valence-corrected chi connectivity index (χ4v) is 2.91. The third kappa shape index (κ3) is 1.59. The molecule has 18 heavy (non-hydrogen) atoms. The van der Waals surface area contributed by atoms with Crippen LogP contribution in [0.2, 0.25) is 0 Å². The minimum atomic E-state index is -0.365. The number of rotatable bonds is 2. The van der Waals surface area contributed by atoms with Crippen molar-refractivity contribution in [3.05, 3.63) is 30.6 Å². The Labute approximate surface area is 106 Å². The number of nitrogens with zero attached hydrogens (tertiary/aromatic N) is 3. The van der Waals surface area contributed by atoms with Gasteiger partial charge in [-0.3, -0.25) is 0 Å². The van der Waals surface area contributed by atoms with Crippen LogP contribution in [-0.4, -0.2) is 22.1 Å². The standard InChI is InChI=1S/C14H16N4/c1-16-14(9-15)7-6-11(8-14)18-10-17-12-4-2-3-5-13(12)18/h2-5,10-11,16H,6-8H2,1H3. The van der Waals surface area contributed by atoms with Crippen LogP contribution in [0.4, 0.5) is 0 Å². The highest BCUT2D eigenvalue weighted by molar-refractivity contribution is 5.75. The molecule has 2 atom stereocenters. The lowest BCUT2D eigenvalue weighted by Crippen LogP contribution is -2.38. The number of hydrogen-bond donors (Lipinski definition) is 1. The van der Waals surface area contributed by atoms with Crippen molar-refractivity contribution in [3.8, 4) is 6.07 Å². The number of aromatic nitrogens is 2. The van der Waals surface area contributed by atoms with Gasteiger partial charge in [0.15, 0.2) is 0 Å². The van der Waals surface area contributed by atoms with Crippen molar-refractivity contribution in [2.24, 2.45) is 0 Å². The van der Waals surface area contributed by atoms with Gasteiger partial charge in [0.05, 0.1) is 23.4 Å². The number of nitrogens with one attached hydrogen (secondary N) is 1. The van der Waals surface area contributed by atoms with Gasteiger partial charge in [0.25, 0.3) is 0 Å². The van der Waals surface area contributed by atoms with E-state index in [-0.39, 0.29) is 5.54 Å². The minimum absolute atomic E-state index is 0.365. The number of fused-ring (bicyclic) bond motifs is 1. The van der Waals surface area contributed by atoms with Gasteiger partial charge in [0.1, 0.15) is 5.54 Å². The van der Waals surface area contributed by atoms with Crippen molar-refractivity contribution in [2.45, 2.75) is 30.8 Å². The molecule has 3 rings (SSSR count). The van der Waals surface area contributed by atoms with E-state index in [4.69, 9.17) is 0 Å². The summed E-state index contributed by atoms with van der Waals surface area (Å²) in [5.74, 6) is 0. The highest BCUT2D eigenvalue weighted by Crippen LogP contribution is 2.38. The SMILES string of the molecule is CNC1(C#N)CCC(n2cnc3ccccc32)C1. The van der Waals surface area contributed by atoms with Crippen LogP contribution in [-0.2, 0) is 0 Å². The molecule has 0 bridgehead atoms. The van der Waals surface area contributed by atoms with Gasteiger partial charge in [-0.25, -0.2) is 4.98 Å². The first-order valence-corrected chi connectivity index (χ1v) is 6.30. The third-order valence-electron chi connectivity index (χ3n) is 4.06. The molecule has 1 aliphatic rings. The molecule has 1 N–H and O–H groups in total. The third-order valence-corrected chi connectivity index (χ3v) is 4.06. The van der Waals surface area contributed by atoms with Gasteiger partial charge >= 0.3 is 0 Å². The zero-order chi connectivity index (χ0) is 12.6. The maximum Gasteiger partial charge on any atom is 0.108 e. The van der Waals surface area contributed by atoms with Crippen LogP contribution in [0.15, 0.2) is 30.6 Å². The zero-order valence-corrected chi connectivity index (χ0v) is 10.4. The molecule has 0 saturated heterocycles. The summed E-state index contributed by atoms with van der Waals surface area (Å²) < 4.78 is 2.21. The van der Waals surface area contributed by atoms with E-state index in [9.17, 15) is 5.26 Å². The summed E-state index contributed by atoms with van der Waals surface area (Å²) in [6.07, 6.45) is 4.67. The van der Waals surface area contributed by atoms with E-state index in [2.05, 4.69) is 27.0 Å². The second kappa shape index (κ2) is 4.11. The number of para-hydroxylation sites is 2. The van der Waals surface area contributed by atoms with Gasteiger partial charge in [0, 0.05) is 6.04 Å². The summed E-state index contributed by atoms with van der Waals surface area (Å²) in [6, 6.07) is 10.9. The van der Waals surface area contributed by atoms with Crippen molar-refractivity contribution < 1.29 is 0 Å². The minimum Gasteiger partial charge on any atom is -0.327 e. The first-order chi connectivity index (χ1) is 8.78. The molecule has 1 fully saturated rings. The van der Waals surface area contributed by atoms with E-state index in [0.717, 1.165) is 30.3 Å². The topological polar surface area (TPSA) is 53.6 Å². The normalized spacial score (nSPS) is 27.4. The van der Waals surface area contributed by atoms with Gasteiger partial charge in [-0.05, 0) is 38.4 Å². The summed E-state index contributed by atoms with van der Waals surface area (Å²) >= 11 is 0. The Balaban J connectivity index is 1.96. The summed E-state index contributed by atoms with van der Waals surface area (Å²) in [5, 5.41) is 12.5. The van der Waals surface area contributed by atoms with E-state index in [1.54, 1.807) is 0 Å². The monoisotopic (exact) mass is 240 g/mol. The number of benzene rings is 1. The summed E-state index contributed by atoms with van der Waals surface area (Å²) in [7, 11) is 1.87. The molecule has 4 nitrogen and oxygen atoms in total. The van der Waals surface area contributed by atoms with Gasteiger partial charge in [0.2, 0.25) is 0 Å². The lowest BCUT2D eigenvalue weighted by atomic mass is 10.00. The Morgan fingerprint density at radius 2 is 2.33 bits per heavy atom. The van der Waals surface area contributed by atoms with Crippen LogP contribution in [0.5, 0.6) is 0 Å². The van der Waals surface area contributed by atoms with E-state index >= 15 is 0 Å². The largest absolute Gasteiger partial charge is 0.327 e. The van der Waals surface area contributed by atoms with Crippen LogP contribution in [0.1, 0.15) is 25.3 Å². The first kappa shape index (κ1) is 11.2. The van der Waals surface area contributed by atoms with Crippen LogP contribution >= 0.6 is 0 Å². The average molecular weight is 240 g/mol. The van der Waals surface area contributed by atoms with E-state index in [1.165, 1.54) is 0 Å². The highest BCUT2D eigenvalue weighted by atomic mass is 15.1. The number of hydrogen-bond acceptors (Lipinski definition) is 3. The second-order valence-corrected chi connectivity index (χ2v) is 4.98. The molecule has 2 unspecified atom stereocenters. The van der Waals surface area contributed by atoms with Crippen LogP contribution in [0.3, 0.4) is 0 Å². The van der Waals surface area contributed by atoms with Gasteiger partial charge in [-0.1, -0.05) is 12.1 Å². The molecule has 1 saturated carbocycles. The van der Waals surface area contributed by atoms with Gasteiger partial charge in [-0.15, -0.1) is 0 Å². The number of nitriles is 1. The molecule has 4 heteroatoms. The van der Waals surface area contributed by atoms with Gasteiger partial charge in [-0.2, -0.15) is 5.26 Å². The van der Waals surface area contributed by atoms with Crippen molar-refractivity contribution in [1.29, 1.82) is 5.26 Å². The van der Waals surface area contributed by atoms with Crippen LogP contribution in [0, 0.1) is 11.3 Å². The van der Waals surface area contributed by atoms with Crippen molar-refractivity contribution in [2.75, 3.05) is 7.05 Å². The summed E-state index contributed by atoms with van der Waals surface area (Å²) in [4.78, 5) is 4.42. The molecular weight excluding hydrogens is 224 g/mol. The highest BCUT2D eigenvalue weighted by Gasteiger charge is 2.39. The van der Waals surface area contributed by atoms with Crippen molar-refractivity contribution in [3.63, 3.8) is 0 Å². The molecule has 1 aromatic heterocycles. The Kier molecular flexibility index (Phi) is 2.57. The maximum atomic E-state index is 9.31. The molecule has 0 aliphatic heterocycles. The van der Waals surface area contributed by atoms with E-state index in [0.29, 0.717) is 6.04 Å².